The van der Waals surface area contributed by atoms with Gasteiger partial charge in [-0.25, -0.2) is 9.97 Å². The Bertz CT molecular complexity index is 374. The quantitative estimate of drug-likeness (QED) is 0.719. The fourth-order valence-electron chi connectivity index (χ4n) is 1.32. The fourth-order valence-corrected chi connectivity index (χ4v) is 2.93. The van der Waals surface area contributed by atoms with E-state index in [9.17, 15) is 4.57 Å². The number of hydrogen-bond donors (Lipinski definition) is 0. The van der Waals surface area contributed by atoms with Crippen molar-refractivity contribution in [2.75, 3.05) is 13.2 Å². The van der Waals surface area contributed by atoms with E-state index in [2.05, 4.69) is 9.97 Å². The van der Waals surface area contributed by atoms with Gasteiger partial charge in [0, 0.05) is 5.69 Å². The summed E-state index contributed by atoms with van der Waals surface area (Å²) in [7, 11) is -3.05. The standard InChI is InChI=1S/C10H17N2O3P/c1-4-14-16(13,15-5-2)7-10-6-9(3)11-8-12-10/h6,8H,4-5,7H2,1-3H3. The van der Waals surface area contributed by atoms with E-state index in [1.807, 2.05) is 6.92 Å². The third-order valence-electron chi connectivity index (χ3n) is 1.87. The van der Waals surface area contributed by atoms with Crippen molar-refractivity contribution in [3.8, 4) is 0 Å². The van der Waals surface area contributed by atoms with Crippen LogP contribution in [-0.4, -0.2) is 23.2 Å². The molecule has 0 atom stereocenters. The molecule has 16 heavy (non-hydrogen) atoms. The van der Waals surface area contributed by atoms with Crippen LogP contribution in [0.2, 0.25) is 0 Å². The maximum Gasteiger partial charge on any atom is 0.336 e. The number of hydrogen-bond acceptors (Lipinski definition) is 5. The summed E-state index contributed by atoms with van der Waals surface area (Å²) in [5.41, 5.74) is 1.52. The third-order valence-corrected chi connectivity index (χ3v) is 3.88. The number of nitrogens with zero attached hydrogens (tertiary/aromatic N) is 2. The first kappa shape index (κ1) is 13.3. The van der Waals surface area contributed by atoms with Crippen molar-refractivity contribution in [1.82, 2.24) is 9.97 Å². The molecular formula is C10H17N2O3P. The molecule has 0 fully saturated rings. The van der Waals surface area contributed by atoms with Crippen LogP contribution < -0.4 is 0 Å². The zero-order valence-corrected chi connectivity index (χ0v) is 10.7. The van der Waals surface area contributed by atoms with Gasteiger partial charge in [0.05, 0.1) is 25.1 Å². The summed E-state index contributed by atoms with van der Waals surface area (Å²) in [5, 5.41) is 0. The molecule has 5 nitrogen and oxygen atoms in total. The van der Waals surface area contributed by atoms with Gasteiger partial charge in [-0.15, -0.1) is 0 Å². The fraction of sp³-hybridized carbons (Fsp3) is 0.600. The van der Waals surface area contributed by atoms with E-state index in [1.165, 1.54) is 6.33 Å². The normalized spacial score (nSPS) is 11.7. The lowest BCUT2D eigenvalue weighted by Gasteiger charge is -2.16. The van der Waals surface area contributed by atoms with Gasteiger partial charge in [0.1, 0.15) is 6.33 Å². The van der Waals surface area contributed by atoms with Gasteiger partial charge < -0.3 is 9.05 Å². The largest absolute Gasteiger partial charge is 0.336 e. The molecule has 6 heteroatoms. The Kier molecular flexibility index (Phi) is 5.06. The van der Waals surface area contributed by atoms with Crippen molar-refractivity contribution in [2.24, 2.45) is 0 Å². The molecule has 0 aliphatic carbocycles. The SMILES string of the molecule is CCOP(=O)(Cc1cc(C)ncn1)OCC. The van der Waals surface area contributed by atoms with Gasteiger partial charge >= 0.3 is 7.60 Å². The van der Waals surface area contributed by atoms with Gasteiger partial charge in [-0.1, -0.05) is 0 Å². The maximum absolute atomic E-state index is 12.2. The van der Waals surface area contributed by atoms with E-state index in [1.54, 1.807) is 19.9 Å². The Morgan fingerprint density at radius 2 is 1.88 bits per heavy atom. The zero-order valence-electron chi connectivity index (χ0n) is 9.84. The van der Waals surface area contributed by atoms with Crippen molar-refractivity contribution >= 4 is 7.60 Å². The second kappa shape index (κ2) is 6.09. The summed E-state index contributed by atoms with van der Waals surface area (Å²) in [6.07, 6.45) is 1.64. The molecule has 0 bridgehead atoms. The van der Waals surface area contributed by atoms with Crippen LogP contribution in [-0.2, 0) is 19.8 Å². The molecule has 0 N–H and O–H groups in total. The monoisotopic (exact) mass is 244 g/mol. The highest BCUT2D eigenvalue weighted by Crippen LogP contribution is 2.50. The molecule has 0 spiro atoms. The van der Waals surface area contributed by atoms with E-state index < -0.39 is 7.60 Å². The van der Waals surface area contributed by atoms with Crippen LogP contribution in [0, 0.1) is 6.92 Å². The van der Waals surface area contributed by atoms with E-state index in [-0.39, 0.29) is 6.16 Å². The van der Waals surface area contributed by atoms with Gasteiger partial charge in [-0.2, -0.15) is 0 Å². The highest BCUT2D eigenvalue weighted by Gasteiger charge is 2.24. The second-order valence-electron chi connectivity index (χ2n) is 3.26. The Labute approximate surface area is 95.8 Å². The van der Waals surface area contributed by atoms with E-state index >= 15 is 0 Å². The number of aryl methyl sites for hydroxylation is 1. The van der Waals surface area contributed by atoms with Crippen LogP contribution in [0.15, 0.2) is 12.4 Å². The minimum atomic E-state index is -3.05. The summed E-state index contributed by atoms with van der Waals surface area (Å²) in [6, 6.07) is 1.78. The molecule has 0 unspecified atom stereocenters. The summed E-state index contributed by atoms with van der Waals surface area (Å²) < 4.78 is 22.6. The third kappa shape index (κ3) is 4.00. The Balaban J connectivity index is 2.79. The topological polar surface area (TPSA) is 61.3 Å². The van der Waals surface area contributed by atoms with Gasteiger partial charge in [-0.3, -0.25) is 4.57 Å². The van der Waals surface area contributed by atoms with Crippen LogP contribution in [0.25, 0.3) is 0 Å². The molecule has 0 saturated heterocycles. The van der Waals surface area contributed by atoms with Crippen molar-refractivity contribution in [3.63, 3.8) is 0 Å². The van der Waals surface area contributed by atoms with Crippen LogP contribution >= 0.6 is 7.60 Å². The van der Waals surface area contributed by atoms with Gasteiger partial charge in [0.15, 0.2) is 0 Å². The predicted octanol–water partition coefficient (Wildman–Crippen LogP) is 2.55. The zero-order chi connectivity index (χ0) is 12.0. The predicted molar refractivity (Wildman–Crippen MR) is 61.3 cm³/mol. The van der Waals surface area contributed by atoms with Gasteiger partial charge in [-0.05, 0) is 26.8 Å². The van der Waals surface area contributed by atoms with Crippen molar-refractivity contribution in [1.29, 1.82) is 0 Å². The maximum atomic E-state index is 12.2. The number of rotatable bonds is 6. The first-order chi connectivity index (χ1) is 7.59. The van der Waals surface area contributed by atoms with Crippen LogP contribution in [0.4, 0.5) is 0 Å². The summed E-state index contributed by atoms with van der Waals surface area (Å²) in [5.74, 6) is 0. The summed E-state index contributed by atoms with van der Waals surface area (Å²) in [6.45, 7) is 6.16. The van der Waals surface area contributed by atoms with Gasteiger partial charge in [0.25, 0.3) is 0 Å². The van der Waals surface area contributed by atoms with Crippen molar-refractivity contribution in [2.45, 2.75) is 26.9 Å². The second-order valence-corrected chi connectivity index (χ2v) is 5.31. The van der Waals surface area contributed by atoms with E-state index in [4.69, 9.17) is 9.05 Å². The molecule has 1 aromatic heterocycles. The number of aromatic nitrogens is 2. The highest BCUT2D eigenvalue weighted by molar-refractivity contribution is 7.53. The Morgan fingerprint density at radius 1 is 1.25 bits per heavy atom. The summed E-state index contributed by atoms with van der Waals surface area (Å²) >= 11 is 0. The van der Waals surface area contributed by atoms with Crippen molar-refractivity contribution in [3.05, 3.63) is 23.8 Å². The van der Waals surface area contributed by atoms with Gasteiger partial charge in [0.2, 0.25) is 0 Å². The molecule has 0 saturated carbocycles. The lowest BCUT2D eigenvalue weighted by atomic mass is 10.4. The van der Waals surface area contributed by atoms with Crippen LogP contribution in [0.1, 0.15) is 25.2 Å². The van der Waals surface area contributed by atoms with Crippen LogP contribution in [0.3, 0.4) is 0 Å². The van der Waals surface area contributed by atoms with E-state index in [0.29, 0.717) is 18.9 Å². The molecule has 0 aromatic carbocycles. The molecular weight excluding hydrogens is 227 g/mol. The molecule has 90 valence electrons. The molecule has 1 aromatic rings. The Morgan fingerprint density at radius 3 is 2.38 bits per heavy atom. The average molecular weight is 244 g/mol. The molecule has 1 rings (SSSR count). The molecule has 1 heterocycles. The minimum Gasteiger partial charge on any atom is -0.309 e. The summed E-state index contributed by atoms with van der Waals surface area (Å²) in [4.78, 5) is 8.03. The molecule has 0 amide bonds. The molecule has 0 aliphatic rings. The first-order valence-electron chi connectivity index (χ1n) is 5.25. The minimum absolute atomic E-state index is 0.192. The lowest BCUT2D eigenvalue weighted by molar-refractivity contribution is 0.219. The van der Waals surface area contributed by atoms with Crippen LogP contribution in [0.5, 0.6) is 0 Å². The lowest BCUT2D eigenvalue weighted by Crippen LogP contribution is -2.01. The van der Waals surface area contributed by atoms with E-state index in [0.717, 1.165) is 5.69 Å². The van der Waals surface area contributed by atoms with Crippen molar-refractivity contribution < 1.29 is 13.6 Å². The molecule has 0 aliphatic heterocycles. The average Bonchev–Trinajstić information content (AvgIpc) is 2.17. The highest BCUT2D eigenvalue weighted by atomic mass is 31.2. The molecule has 0 radical (unpaired) electrons. The Hall–Kier alpha value is -0.770. The first-order valence-corrected chi connectivity index (χ1v) is 6.98. The smallest absolute Gasteiger partial charge is 0.309 e.